The van der Waals surface area contributed by atoms with Crippen LogP contribution in [0.4, 0.5) is 9.32 Å². The van der Waals surface area contributed by atoms with Gasteiger partial charge in [-0.15, -0.1) is 0 Å². The number of rotatable bonds is 1. The molecule has 0 amide bonds. The summed E-state index contributed by atoms with van der Waals surface area (Å²) < 4.78 is 29.5. The van der Waals surface area contributed by atoms with Crippen molar-refractivity contribution in [2.75, 3.05) is 14.2 Å². The zero-order valence-electron chi connectivity index (χ0n) is 8.26. The Morgan fingerprint density at radius 3 is 1.62 bits per heavy atom. The van der Waals surface area contributed by atoms with Crippen LogP contribution in [0.1, 0.15) is 1.43 Å². The van der Waals surface area contributed by atoms with Crippen LogP contribution in [0, 0.1) is 0 Å². The number of carbonyl (C=O) groups is 1. The van der Waals surface area contributed by atoms with Crippen molar-refractivity contribution in [1.82, 2.24) is 0 Å². The molecule has 0 bridgehead atoms. The number of ether oxygens (including phenoxy) is 2. The first kappa shape index (κ1) is 19.5. The van der Waals surface area contributed by atoms with Crippen molar-refractivity contribution in [3.05, 3.63) is 0 Å². The second-order valence-electron chi connectivity index (χ2n) is 1.22. The van der Waals surface area contributed by atoms with Crippen molar-refractivity contribution in [2.24, 2.45) is 0 Å². The molecular formula is C3H9FKO7P. The summed E-state index contributed by atoms with van der Waals surface area (Å²) in [7, 11) is -2.30. The minimum absolute atomic E-state index is 0. The molecule has 7 nitrogen and oxygen atoms in total. The molecule has 2 N–H and O–H groups in total. The van der Waals surface area contributed by atoms with Crippen molar-refractivity contribution in [3.8, 4) is 0 Å². The van der Waals surface area contributed by atoms with Crippen LogP contribution in [-0.4, -0.2) is 30.2 Å². The molecule has 0 saturated heterocycles. The molecule has 0 aliphatic heterocycles. The van der Waals surface area contributed by atoms with E-state index >= 15 is 0 Å². The topological polar surface area (TPSA) is 102 Å². The molecule has 0 rings (SSSR count). The predicted molar refractivity (Wildman–Crippen MR) is 34.8 cm³/mol. The van der Waals surface area contributed by atoms with Crippen LogP contribution in [0.15, 0.2) is 0 Å². The van der Waals surface area contributed by atoms with E-state index in [4.69, 9.17) is 14.4 Å². The summed E-state index contributed by atoms with van der Waals surface area (Å²) >= 11 is 0. The summed E-state index contributed by atoms with van der Waals surface area (Å²) in [4.78, 5) is 24.4. The molecule has 76 valence electrons. The van der Waals surface area contributed by atoms with E-state index in [-0.39, 0.29) is 52.8 Å². The molecule has 0 radical (unpaired) electrons. The van der Waals surface area contributed by atoms with Crippen LogP contribution in [0.5, 0.6) is 0 Å². The smallest absolute Gasteiger partial charge is 1.00 e. The largest absolute Gasteiger partial charge is 1.00 e. The van der Waals surface area contributed by atoms with Gasteiger partial charge in [-0.05, 0) is 4.53 Å². The number of halogens is 1. The Labute approximate surface area is 118 Å². The fraction of sp³-hybridized carbons (Fsp3) is 0.667. The molecule has 0 atom stereocenters. The molecule has 0 fully saturated rings. The minimum atomic E-state index is -4.81. The molecule has 0 spiro atoms. The van der Waals surface area contributed by atoms with Crippen LogP contribution in [0.3, 0.4) is 0 Å². The molecule has 0 unspecified atom stereocenters. The van der Waals surface area contributed by atoms with Gasteiger partial charge in [0.1, 0.15) is 0 Å². The molecule has 0 aromatic heterocycles. The second kappa shape index (κ2) is 11.0. The number of phosphoric acid groups is 1. The van der Waals surface area contributed by atoms with Gasteiger partial charge in [-0.2, -0.15) is 0 Å². The van der Waals surface area contributed by atoms with Crippen molar-refractivity contribution in [3.63, 3.8) is 0 Å². The monoisotopic (exact) mass is 246 g/mol. The van der Waals surface area contributed by atoms with E-state index in [1.165, 1.54) is 14.2 Å². The van der Waals surface area contributed by atoms with Gasteiger partial charge < -0.3 is 20.7 Å². The molecule has 0 heterocycles. The quantitative estimate of drug-likeness (QED) is 0.299. The SMILES string of the molecule is COC(=O)OC.O=P(O)(O)OF.[H-].[K+]. The number of hydrogen-bond donors (Lipinski definition) is 2. The van der Waals surface area contributed by atoms with Crippen LogP contribution in [-0.2, 0) is 18.8 Å². The third-order valence-corrected chi connectivity index (χ3v) is 0.603. The first-order chi connectivity index (χ1) is 5.37. The predicted octanol–water partition coefficient (Wildman–Crippen LogP) is -2.50. The van der Waals surface area contributed by atoms with E-state index in [9.17, 15) is 9.32 Å². The molecule has 0 aliphatic carbocycles. The van der Waals surface area contributed by atoms with Gasteiger partial charge in [0, 0.05) is 0 Å². The van der Waals surface area contributed by atoms with Crippen LogP contribution in [0.2, 0.25) is 0 Å². The second-order valence-corrected chi connectivity index (χ2v) is 2.34. The van der Waals surface area contributed by atoms with E-state index in [1.54, 1.807) is 0 Å². The molecule has 0 aromatic rings. The average Bonchev–Trinajstić information content (AvgIpc) is 2.03. The van der Waals surface area contributed by atoms with Crippen molar-refractivity contribution in [2.45, 2.75) is 0 Å². The molecule has 10 heteroatoms. The summed E-state index contributed by atoms with van der Waals surface area (Å²) in [6.07, 6.45) is -0.657. The van der Waals surface area contributed by atoms with Crippen LogP contribution in [0.25, 0.3) is 0 Å². The Bertz CT molecular complexity index is 168. The number of carbonyl (C=O) groups excluding carboxylic acids is 1. The average molecular weight is 246 g/mol. The van der Waals surface area contributed by atoms with E-state index in [0.717, 1.165) is 0 Å². The van der Waals surface area contributed by atoms with Gasteiger partial charge in [0.25, 0.3) is 0 Å². The Balaban J connectivity index is -0.0000000625. The third kappa shape index (κ3) is 24.6. The maximum Gasteiger partial charge on any atom is 1.00 e. The van der Waals surface area contributed by atoms with Gasteiger partial charge in [0.05, 0.1) is 14.2 Å². The Morgan fingerprint density at radius 2 is 1.62 bits per heavy atom. The summed E-state index contributed by atoms with van der Waals surface area (Å²) in [5.74, 6) is 0. The van der Waals surface area contributed by atoms with E-state index in [2.05, 4.69) is 14.2 Å². The van der Waals surface area contributed by atoms with Crippen LogP contribution >= 0.6 is 7.82 Å². The maximum absolute atomic E-state index is 10.2. The van der Waals surface area contributed by atoms with Crippen molar-refractivity contribution < 1.29 is 90.7 Å². The van der Waals surface area contributed by atoms with E-state index < -0.39 is 14.0 Å². The Hall–Kier alpha value is 0.946. The number of methoxy groups -OCH3 is 2. The Kier molecular flexibility index (Phi) is 16.5. The fourth-order valence-electron chi connectivity index (χ4n) is 0.0833. The first-order valence-corrected chi connectivity index (χ1v) is 3.88. The van der Waals surface area contributed by atoms with Gasteiger partial charge in [0.15, 0.2) is 0 Å². The Morgan fingerprint density at radius 1 is 1.38 bits per heavy atom. The van der Waals surface area contributed by atoms with Gasteiger partial charge in [0.2, 0.25) is 0 Å². The normalized spacial score (nSPS) is 8.69. The third-order valence-electron chi connectivity index (χ3n) is 0.423. The van der Waals surface area contributed by atoms with Gasteiger partial charge in [-0.25, -0.2) is 9.36 Å². The summed E-state index contributed by atoms with van der Waals surface area (Å²) in [6.45, 7) is 0. The standard InChI is InChI=1S/C3H6O3.FH2O4P.K.H/c1-5-3(4)6-2;1-5-6(2,3)4;;/h1-2H3;(H2,2,3,4);;/q;;+1;-1. The molecule has 0 saturated carbocycles. The van der Waals surface area contributed by atoms with Crippen LogP contribution < -0.4 is 51.4 Å². The van der Waals surface area contributed by atoms with E-state index in [0.29, 0.717) is 0 Å². The summed E-state index contributed by atoms with van der Waals surface area (Å²) in [5, 5.41) is 0. The molecule has 13 heavy (non-hydrogen) atoms. The van der Waals surface area contributed by atoms with Gasteiger partial charge in [-0.1, -0.05) is 4.73 Å². The summed E-state index contributed by atoms with van der Waals surface area (Å²) in [6, 6.07) is 0. The molecular weight excluding hydrogens is 237 g/mol. The van der Waals surface area contributed by atoms with E-state index in [1.807, 2.05) is 0 Å². The van der Waals surface area contributed by atoms with Gasteiger partial charge >= 0.3 is 65.4 Å². The fourth-order valence-corrected chi connectivity index (χ4v) is 0.0833. The summed E-state index contributed by atoms with van der Waals surface area (Å²) in [5.41, 5.74) is 0. The number of hydrogen-bond acceptors (Lipinski definition) is 5. The maximum atomic E-state index is 10.2. The zero-order valence-corrected chi connectivity index (χ0v) is 11.3. The van der Waals surface area contributed by atoms with Crippen molar-refractivity contribution in [1.29, 1.82) is 0 Å². The minimum Gasteiger partial charge on any atom is -1.00 e. The molecule has 0 aromatic carbocycles. The molecule has 0 aliphatic rings. The van der Waals surface area contributed by atoms with Crippen molar-refractivity contribution >= 4 is 14.0 Å². The first-order valence-electron chi connectivity index (χ1n) is 2.35. The zero-order chi connectivity index (χ0) is 10.2. The van der Waals surface area contributed by atoms with Gasteiger partial charge in [-0.3, -0.25) is 0 Å².